The van der Waals surface area contributed by atoms with Crippen LogP contribution in [0.4, 0.5) is 18.9 Å². The average Bonchev–Trinajstić information content (AvgIpc) is 3.20. The van der Waals surface area contributed by atoms with E-state index in [0.717, 1.165) is 23.2 Å². The molecule has 2 amide bonds. The van der Waals surface area contributed by atoms with Crippen molar-refractivity contribution in [2.45, 2.75) is 38.6 Å². The van der Waals surface area contributed by atoms with Gasteiger partial charge in [-0.15, -0.1) is 0 Å². The number of ether oxygens (including phenoxy) is 1. The van der Waals surface area contributed by atoms with Crippen molar-refractivity contribution < 1.29 is 37.5 Å². The third-order valence-electron chi connectivity index (χ3n) is 6.60. The summed E-state index contributed by atoms with van der Waals surface area (Å²) in [5.41, 5.74) is -2.35. The molecule has 0 unspecified atom stereocenters. The molecule has 3 N–H and O–H groups in total. The molecule has 0 radical (unpaired) electrons. The molecule has 0 aliphatic carbocycles. The smallest absolute Gasteiger partial charge is 0.400 e. The summed E-state index contributed by atoms with van der Waals surface area (Å²) in [5.74, 6) is -3.01. The highest BCUT2D eigenvalue weighted by Gasteiger charge is 2.59. The van der Waals surface area contributed by atoms with Gasteiger partial charge in [-0.25, -0.2) is 23.1 Å². The molecule has 0 spiro atoms. The topological polar surface area (TPSA) is 140 Å². The second kappa shape index (κ2) is 10.3. The van der Waals surface area contributed by atoms with Crippen LogP contribution in [-0.4, -0.2) is 81.3 Å². The number of anilines is 1. The van der Waals surface area contributed by atoms with Crippen LogP contribution in [0.1, 0.15) is 35.1 Å². The summed E-state index contributed by atoms with van der Waals surface area (Å²) in [6.45, 7) is 4.23. The standard InChI is InChI=1S/C22H25B2F3N6O5/c1-11-17-20(35)32(4)21(33(23(2)36)24(3)37)31-22(17,10-38-11)13-7-12(5-6-14(13)25)30-19(34)16-9-28-15(8-29-16)18(26)27/h5-9,11,17-18,36-37H,10H2,1-4H3,(H,30,34)/t11-,17+,22-/m1/s1. The Balaban J connectivity index is 1.77. The maximum Gasteiger partial charge on any atom is 0.400 e. The average molecular weight is 532 g/mol. The maximum absolute atomic E-state index is 15.4. The number of aromatic nitrogens is 2. The molecule has 1 fully saturated rings. The molecule has 2 aliphatic heterocycles. The molecule has 4 rings (SSSR count). The molecule has 1 saturated heterocycles. The molecule has 11 nitrogen and oxygen atoms in total. The molecular weight excluding hydrogens is 507 g/mol. The van der Waals surface area contributed by atoms with Crippen molar-refractivity contribution in [3.63, 3.8) is 0 Å². The van der Waals surface area contributed by atoms with Crippen LogP contribution in [-0.2, 0) is 15.1 Å². The number of nitrogens with zero attached hydrogens (tertiary/aromatic N) is 5. The summed E-state index contributed by atoms with van der Waals surface area (Å²) in [4.78, 5) is 39.2. The molecule has 3 atom stereocenters. The van der Waals surface area contributed by atoms with Crippen molar-refractivity contribution in [3.05, 3.63) is 53.4 Å². The Bertz CT molecular complexity index is 1260. The van der Waals surface area contributed by atoms with Gasteiger partial charge in [-0.05, 0) is 38.8 Å². The van der Waals surface area contributed by atoms with Gasteiger partial charge in [0.15, 0.2) is 5.96 Å². The highest BCUT2D eigenvalue weighted by atomic mass is 19.3. The van der Waals surface area contributed by atoms with Gasteiger partial charge in [0.05, 0.1) is 31.0 Å². The number of guanidine groups is 1. The van der Waals surface area contributed by atoms with Crippen molar-refractivity contribution in [3.8, 4) is 0 Å². The number of benzene rings is 1. The Morgan fingerprint density at radius 3 is 2.53 bits per heavy atom. The molecule has 1 aromatic heterocycles. The van der Waals surface area contributed by atoms with Crippen LogP contribution in [0.15, 0.2) is 35.6 Å². The van der Waals surface area contributed by atoms with Crippen LogP contribution < -0.4 is 5.32 Å². The van der Waals surface area contributed by atoms with Crippen LogP contribution in [0, 0.1) is 11.7 Å². The zero-order valence-corrected chi connectivity index (χ0v) is 21.0. The minimum Gasteiger partial charge on any atom is -0.433 e. The summed E-state index contributed by atoms with van der Waals surface area (Å²) in [6.07, 6.45) is -1.81. The molecule has 2 aliphatic rings. The first-order valence-electron chi connectivity index (χ1n) is 11.7. The van der Waals surface area contributed by atoms with Crippen LogP contribution in [0.25, 0.3) is 0 Å². The molecule has 200 valence electrons. The van der Waals surface area contributed by atoms with Crippen LogP contribution in [0.2, 0.25) is 13.6 Å². The molecule has 1 aromatic carbocycles. The zero-order chi connectivity index (χ0) is 27.9. The van der Waals surface area contributed by atoms with Gasteiger partial charge in [-0.3, -0.25) is 19.5 Å². The van der Waals surface area contributed by atoms with E-state index >= 15 is 4.39 Å². The fourth-order valence-electron chi connectivity index (χ4n) is 4.78. The van der Waals surface area contributed by atoms with E-state index < -0.39 is 61.4 Å². The minimum absolute atomic E-state index is 0.0566. The van der Waals surface area contributed by atoms with Crippen LogP contribution in [0.5, 0.6) is 0 Å². The van der Waals surface area contributed by atoms with Gasteiger partial charge in [0.2, 0.25) is 5.91 Å². The normalized spacial score (nSPS) is 22.7. The Morgan fingerprint density at radius 2 is 1.95 bits per heavy atom. The summed E-state index contributed by atoms with van der Waals surface area (Å²) in [7, 11) is -1.06. The number of hydrogen-bond acceptors (Lipinski definition) is 9. The Hall–Kier alpha value is -3.49. The lowest BCUT2D eigenvalue weighted by Gasteiger charge is -2.43. The largest absolute Gasteiger partial charge is 0.433 e. The van der Waals surface area contributed by atoms with E-state index in [1.807, 2.05) is 0 Å². The van der Waals surface area contributed by atoms with E-state index in [4.69, 9.17) is 9.73 Å². The molecular formula is C22H25B2F3N6O5. The maximum atomic E-state index is 15.4. The van der Waals surface area contributed by atoms with Gasteiger partial charge in [0, 0.05) is 18.3 Å². The number of alkyl halides is 2. The number of nitrogens with one attached hydrogen (secondary N) is 1. The molecule has 3 heterocycles. The quantitative estimate of drug-likeness (QED) is 0.475. The fourth-order valence-corrected chi connectivity index (χ4v) is 4.78. The lowest BCUT2D eigenvalue weighted by atomic mass is 9.69. The summed E-state index contributed by atoms with van der Waals surface area (Å²) in [5, 5.41) is 23.1. The predicted octanol–water partition coefficient (Wildman–Crippen LogP) is 1.39. The lowest BCUT2D eigenvalue weighted by Crippen LogP contribution is -2.62. The van der Waals surface area contributed by atoms with Gasteiger partial charge in [0.25, 0.3) is 12.3 Å². The number of amides is 2. The van der Waals surface area contributed by atoms with E-state index in [2.05, 4.69) is 15.3 Å². The third-order valence-corrected chi connectivity index (χ3v) is 6.60. The number of carbonyl (C=O) groups excluding carboxylic acids is 2. The minimum atomic E-state index is -2.84. The van der Waals surface area contributed by atoms with Crippen molar-refractivity contribution in [2.75, 3.05) is 19.0 Å². The molecule has 16 heteroatoms. The summed E-state index contributed by atoms with van der Waals surface area (Å²) < 4.78 is 47.7. The van der Waals surface area contributed by atoms with E-state index in [9.17, 15) is 28.4 Å². The molecule has 0 bridgehead atoms. The van der Waals surface area contributed by atoms with Crippen molar-refractivity contribution >= 4 is 37.6 Å². The van der Waals surface area contributed by atoms with Gasteiger partial charge < -0.3 is 24.8 Å². The second-order valence-electron chi connectivity index (χ2n) is 9.17. The fraction of sp³-hybridized carbons (Fsp3) is 0.409. The molecule has 0 saturated carbocycles. The van der Waals surface area contributed by atoms with Gasteiger partial charge >= 0.3 is 14.1 Å². The van der Waals surface area contributed by atoms with Crippen LogP contribution >= 0.6 is 0 Å². The lowest BCUT2D eigenvalue weighted by molar-refractivity contribution is -0.134. The van der Waals surface area contributed by atoms with Crippen molar-refractivity contribution in [2.24, 2.45) is 10.9 Å². The number of carbonyl (C=O) groups is 2. The van der Waals surface area contributed by atoms with E-state index in [-0.39, 0.29) is 29.5 Å². The van der Waals surface area contributed by atoms with E-state index in [0.29, 0.717) is 0 Å². The molecule has 38 heavy (non-hydrogen) atoms. The Morgan fingerprint density at radius 1 is 1.26 bits per heavy atom. The van der Waals surface area contributed by atoms with Gasteiger partial charge in [-0.2, -0.15) is 0 Å². The third kappa shape index (κ3) is 4.74. The van der Waals surface area contributed by atoms with Crippen molar-refractivity contribution in [1.29, 1.82) is 0 Å². The summed E-state index contributed by atoms with van der Waals surface area (Å²) >= 11 is 0. The van der Waals surface area contributed by atoms with Gasteiger partial charge in [0.1, 0.15) is 22.7 Å². The van der Waals surface area contributed by atoms with E-state index in [1.165, 1.54) is 37.7 Å². The Labute approximate surface area is 217 Å². The number of aliphatic imine (C=N–C) groups is 1. The number of halogens is 3. The first kappa shape index (κ1) is 27.5. The highest BCUT2D eigenvalue weighted by molar-refractivity contribution is 6.68. The first-order chi connectivity index (χ1) is 17.9. The van der Waals surface area contributed by atoms with Crippen LogP contribution in [0.3, 0.4) is 0 Å². The predicted molar refractivity (Wildman–Crippen MR) is 132 cm³/mol. The number of fused-ring (bicyclic) bond motifs is 1. The highest BCUT2D eigenvalue weighted by Crippen LogP contribution is 2.47. The Kier molecular flexibility index (Phi) is 7.50. The molecule has 2 aromatic rings. The first-order valence-corrected chi connectivity index (χ1v) is 11.7. The summed E-state index contributed by atoms with van der Waals surface area (Å²) in [6, 6.07) is 3.67. The monoisotopic (exact) mass is 532 g/mol. The SMILES string of the molecule is CB(O)N(B(C)O)C1=N[C@@]2(c3cc(NC(=O)c4cnc(C(F)F)cn4)ccc3F)CO[C@H](C)[C@H]2C(=O)N1C. The number of rotatable bonds is 6. The van der Waals surface area contributed by atoms with E-state index in [1.54, 1.807) is 6.92 Å². The zero-order valence-electron chi connectivity index (χ0n) is 21.0. The van der Waals surface area contributed by atoms with Crippen molar-refractivity contribution in [1.82, 2.24) is 19.6 Å². The second-order valence-corrected chi connectivity index (χ2v) is 9.17. The number of hydrogen-bond donors (Lipinski definition) is 3. The van der Waals surface area contributed by atoms with Gasteiger partial charge in [-0.1, -0.05) is 0 Å².